The van der Waals surface area contributed by atoms with Crippen LogP contribution < -0.4 is 10.1 Å². The van der Waals surface area contributed by atoms with E-state index in [0.29, 0.717) is 24.5 Å². The fourth-order valence-electron chi connectivity index (χ4n) is 3.24. The van der Waals surface area contributed by atoms with Crippen molar-refractivity contribution in [3.63, 3.8) is 0 Å². The van der Waals surface area contributed by atoms with Crippen LogP contribution in [0.5, 0.6) is 5.75 Å². The zero-order chi connectivity index (χ0) is 17.6. The highest BCUT2D eigenvalue weighted by atomic mass is 16.5. The summed E-state index contributed by atoms with van der Waals surface area (Å²) in [5, 5.41) is 13.3. The third kappa shape index (κ3) is 4.09. The highest BCUT2D eigenvalue weighted by Gasteiger charge is 2.31. The Bertz CT molecular complexity index is 708. The monoisotopic (exact) mass is 341 g/mol. The molecular formula is C19H23N3O3. The maximum Gasteiger partial charge on any atom is 0.323 e. The van der Waals surface area contributed by atoms with Crippen LogP contribution in [0.4, 0.5) is 10.6 Å². The number of rotatable bonds is 5. The molecule has 2 atom stereocenters. The van der Waals surface area contributed by atoms with E-state index in [1.807, 2.05) is 30.3 Å². The van der Waals surface area contributed by atoms with Crippen molar-refractivity contribution in [1.82, 2.24) is 9.88 Å². The molecule has 2 heterocycles. The van der Waals surface area contributed by atoms with Crippen LogP contribution in [0.15, 0.2) is 48.7 Å². The standard InChI is InChI=1S/C19H23N3O3/c1-25-17-10-5-11-20-18(17)21-19(24)22-12-6-9-15(22)13-16(23)14-7-3-2-4-8-14/h2-5,7-8,10-11,15-16,23H,6,9,12-13H2,1H3,(H,20,21,24)/t15-,16+/m0/s1. The van der Waals surface area contributed by atoms with Crippen LogP contribution >= 0.6 is 0 Å². The van der Waals surface area contributed by atoms with Gasteiger partial charge in [-0.2, -0.15) is 0 Å². The van der Waals surface area contributed by atoms with Crippen molar-refractivity contribution in [1.29, 1.82) is 0 Å². The number of carbonyl (C=O) groups is 1. The fraction of sp³-hybridized carbons (Fsp3) is 0.368. The van der Waals surface area contributed by atoms with E-state index in [4.69, 9.17) is 4.74 Å². The first-order valence-corrected chi connectivity index (χ1v) is 8.48. The number of ether oxygens (including phenoxy) is 1. The minimum Gasteiger partial charge on any atom is -0.493 e. The number of pyridine rings is 1. The molecule has 0 bridgehead atoms. The summed E-state index contributed by atoms with van der Waals surface area (Å²) in [5.41, 5.74) is 0.876. The SMILES string of the molecule is COc1cccnc1NC(=O)N1CCC[C@H]1C[C@@H](O)c1ccccc1. The summed E-state index contributed by atoms with van der Waals surface area (Å²) in [6.45, 7) is 0.674. The number of methoxy groups -OCH3 is 1. The molecule has 6 nitrogen and oxygen atoms in total. The zero-order valence-corrected chi connectivity index (χ0v) is 14.3. The minimum absolute atomic E-state index is 0.00455. The normalized spacial score (nSPS) is 18.0. The number of likely N-dealkylation sites (tertiary alicyclic amines) is 1. The van der Waals surface area contributed by atoms with Gasteiger partial charge in [0.1, 0.15) is 0 Å². The summed E-state index contributed by atoms with van der Waals surface area (Å²) >= 11 is 0. The summed E-state index contributed by atoms with van der Waals surface area (Å²) in [5.74, 6) is 0.931. The van der Waals surface area contributed by atoms with Gasteiger partial charge >= 0.3 is 6.03 Å². The van der Waals surface area contributed by atoms with Crippen LogP contribution in [0.2, 0.25) is 0 Å². The summed E-state index contributed by atoms with van der Waals surface area (Å²) in [6, 6.07) is 12.9. The molecule has 1 saturated heterocycles. The molecule has 132 valence electrons. The number of aromatic nitrogens is 1. The van der Waals surface area contributed by atoms with Gasteiger partial charge in [-0.15, -0.1) is 0 Å². The van der Waals surface area contributed by atoms with E-state index in [9.17, 15) is 9.90 Å². The molecule has 0 unspecified atom stereocenters. The molecule has 1 aromatic carbocycles. The van der Waals surface area contributed by atoms with Gasteiger partial charge in [-0.3, -0.25) is 5.32 Å². The zero-order valence-electron chi connectivity index (χ0n) is 14.3. The lowest BCUT2D eigenvalue weighted by atomic mass is 10.0. The molecule has 2 N–H and O–H groups in total. The van der Waals surface area contributed by atoms with Gasteiger partial charge in [-0.05, 0) is 37.0 Å². The van der Waals surface area contributed by atoms with E-state index in [0.717, 1.165) is 18.4 Å². The van der Waals surface area contributed by atoms with Crippen LogP contribution in [0, 0.1) is 0 Å². The van der Waals surface area contributed by atoms with E-state index in [1.165, 1.54) is 0 Å². The Labute approximate surface area is 147 Å². The lowest BCUT2D eigenvalue weighted by Gasteiger charge is -2.27. The Morgan fingerprint density at radius 1 is 1.36 bits per heavy atom. The number of amides is 2. The second-order valence-corrected chi connectivity index (χ2v) is 6.14. The van der Waals surface area contributed by atoms with Crippen molar-refractivity contribution >= 4 is 11.8 Å². The first-order chi connectivity index (χ1) is 12.2. The highest BCUT2D eigenvalue weighted by Crippen LogP contribution is 2.28. The van der Waals surface area contributed by atoms with Crippen LogP contribution in [0.1, 0.15) is 30.9 Å². The summed E-state index contributed by atoms with van der Waals surface area (Å²) in [6.07, 6.45) is 3.37. The molecule has 1 fully saturated rings. The second kappa shape index (κ2) is 7.98. The number of aliphatic hydroxyl groups excluding tert-OH is 1. The molecule has 1 aromatic heterocycles. The van der Waals surface area contributed by atoms with E-state index >= 15 is 0 Å². The molecule has 0 saturated carbocycles. The average Bonchev–Trinajstić information content (AvgIpc) is 3.11. The van der Waals surface area contributed by atoms with Crippen molar-refractivity contribution < 1.29 is 14.6 Å². The van der Waals surface area contributed by atoms with Gasteiger partial charge in [0.2, 0.25) is 0 Å². The Morgan fingerprint density at radius 3 is 2.92 bits per heavy atom. The molecule has 25 heavy (non-hydrogen) atoms. The van der Waals surface area contributed by atoms with Gasteiger partial charge in [-0.25, -0.2) is 9.78 Å². The molecule has 1 aliphatic heterocycles. The number of hydrogen-bond donors (Lipinski definition) is 2. The lowest BCUT2D eigenvalue weighted by Crippen LogP contribution is -2.39. The quantitative estimate of drug-likeness (QED) is 0.876. The lowest BCUT2D eigenvalue weighted by molar-refractivity contribution is 0.129. The van der Waals surface area contributed by atoms with Crippen LogP contribution in [-0.2, 0) is 0 Å². The molecule has 0 spiro atoms. The van der Waals surface area contributed by atoms with Crippen LogP contribution in [0.25, 0.3) is 0 Å². The highest BCUT2D eigenvalue weighted by molar-refractivity contribution is 5.90. The van der Waals surface area contributed by atoms with Gasteiger partial charge in [0, 0.05) is 18.8 Å². The molecule has 6 heteroatoms. The van der Waals surface area contributed by atoms with E-state index in [2.05, 4.69) is 10.3 Å². The fourth-order valence-corrected chi connectivity index (χ4v) is 3.24. The number of urea groups is 1. The molecule has 1 aliphatic rings. The van der Waals surface area contributed by atoms with E-state index < -0.39 is 6.10 Å². The maximum absolute atomic E-state index is 12.6. The van der Waals surface area contributed by atoms with Crippen LogP contribution in [0.3, 0.4) is 0 Å². The minimum atomic E-state index is -0.580. The maximum atomic E-state index is 12.6. The van der Waals surface area contributed by atoms with E-state index in [1.54, 1.807) is 30.3 Å². The number of benzene rings is 1. The Morgan fingerprint density at radius 2 is 2.16 bits per heavy atom. The van der Waals surface area contributed by atoms with Crippen LogP contribution in [-0.4, -0.2) is 40.7 Å². The third-order valence-corrected chi connectivity index (χ3v) is 4.53. The molecule has 2 amide bonds. The Kier molecular flexibility index (Phi) is 5.50. The topological polar surface area (TPSA) is 74.7 Å². The number of nitrogens with zero attached hydrogens (tertiary/aromatic N) is 2. The van der Waals surface area contributed by atoms with Crippen molar-refractivity contribution in [3.8, 4) is 5.75 Å². The van der Waals surface area contributed by atoms with Gasteiger partial charge < -0.3 is 14.7 Å². The molecule has 2 aromatic rings. The molecule has 0 aliphatic carbocycles. The number of hydrogen-bond acceptors (Lipinski definition) is 4. The predicted octanol–water partition coefficient (Wildman–Crippen LogP) is 3.21. The van der Waals surface area contributed by atoms with Gasteiger partial charge in [-0.1, -0.05) is 30.3 Å². The average molecular weight is 341 g/mol. The number of anilines is 1. The summed E-state index contributed by atoms with van der Waals surface area (Å²) in [4.78, 5) is 18.6. The molecule has 0 radical (unpaired) electrons. The number of nitrogens with one attached hydrogen (secondary N) is 1. The largest absolute Gasteiger partial charge is 0.493 e. The van der Waals surface area contributed by atoms with E-state index in [-0.39, 0.29) is 12.1 Å². The Hall–Kier alpha value is -2.60. The molecule has 3 rings (SSSR count). The van der Waals surface area contributed by atoms with Crippen molar-refractivity contribution in [2.45, 2.75) is 31.4 Å². The molecular weight excluding hydrogens is 318 g/mol. The third-order valence-electron chi connectivity index (χ3n) is 4.53. The van der Waals surface area contributed by atoms with Crippen molar-refractivity contribution in [2.24, 2.45) is 0 Å². The Balaban J connectivity index is 1.65. The van der Waals surface area contributed by atoms with Gasteiger partial charge in [0.15, 0.2) is 11.6 Å². The summed E-state index contributed by atoms with van der Waals surface area (Å²) in [7, 11) is 1.54. The van der Waals surface area contributed by atoms with Gasteiger partial charge in [0.25, 0.3) is 0 Å². The smallest absolute Gasteiger partial charge is 0.323 e. The van der Waals surface area contributed by atoms with Gasteiger partial charge in [0.05, 0.1) is 13.2 Å². The van der Waals surface area contributed by atoms with Crippen molar-refractivity contribution in [2.75, 3.05) is 19.0 Å². The van der Waals surface area contributed by atoms with Crippen molar-refractivity contribution in [3.05, 3.63) is 54.2 Å². The number of aliphatic hydroxyl groups is 1. The predicted molar refractivity (Wildman–Crippen MR) is 95.6 cm³/mol. The second-order valence-electron chi connectivity index (χ2n) is 6.14. The summed E-state index contributed by atoms with van der Waals surface area (Å²) < 4.78 is 5.22. The number of carbonyl (C=O) groups excluding carboxylic acids is 1. The first kappa shape index (κ1) is 17.2. The first-order valence-electron chi connectivity index (χ1n) is 8.48.